The number of carbonyl (C=O) groups is 3. The molecule has 0 aromatic heterocycles. The molecule has 226 valence electrons. The molecule has 3 N–H and O–H groups in total. The van der Waals surface area contributed by atoms with Crippen LogP contribution >= 0.6 is 11.8 Å². The number of nitrogens with zero attached hydrogens (tertiary/aromatic N) is 1. The van der Waals surface area contributed by atoms with E-state index in [1.54, 1.807) is 11.8 Å². The van der Waals surface area contributed by atoms with Crippen molar-refractivity contribution >= 4 is 40.7 Å². The van der Waals surface area contributed by atoms with Crippen LogP contribution in [-0.2, 0) is 20.8 Å². The molecule has 0 bridgehead atoms. The Bertz CT molecular complexity index is 1280. The van der Waals surface area contributed by atoms with Crippen molar-refractivity contribution in [3.8, 4) is 0 Å². The SMILES string of the molecule is CC(C)(C)CCC1CC(=O)C(CC(=O)N2CCC(C3CCc4ccccc4NC3=O)CC2)SC(c2ccccc2N)C1. The second kappa shape index (κ2) is 13.2. The summed E-state index contributed by atoms with van der Waals surface area (Å²) in [7, 11) is 0. The average molecular weight is 590 g/mol. The van der Waals surface area contributed by atoms with Gasteiger partial charge in [0.2, 0.25) is 11.8 Å². The molecule has 3 heterocycles. The lowest BCUT2D eigenvalue weighted by Crippen LogP contribution is -2.43. The highest BCUT2D eigenvalue weighted by Gasteiger charge is 2.38. The number of ketones is 1. The number of amides is 2. The van der Waals surface area contributed by atoms with Gasteiger partial charge in [-0.2, -0.15) is 0 Å². The number of carbonyl (C=O) groups excluding carboxylic acids is 3. The van der Waals surface area contributed by atoms with Gasteiger partial charge in [0.1, 0.15) is 5.78 Å². The fraction of sp³-hybridized carbons (Fsp3) is 0.571. The number of fused-ring (bicyclic) bond motifs is 1. The summed E-state index contributed by atoms with van der Waals surface area (Å²) in [5.41, 5.74) is 10.6. The third-order valence-electron chi connectivity index (χ3n) is 9.53. The number of Topliss-reactive ketones (excluding diaryl/α,β-unsaturated/α-hetero) is 1. The third-order valence-corrected chi connectivity index (χ3v) is 11.1. The van der Waals surface area contributed by atoms with Gasteiger partial charge in [-0.25, -0.2) is 0 Å². The predicted octanol–water partition coefficient (Wildman–Crippen LogP) is 7.05. The molecular weight excluding hydrogens is 542 g/mol. The maximum absolute atomic E-state index is 13.6. The highest BCUT2D eigenvalue weighted by molar-refractivity contribution is 8.00. The summed E-state index contributed by atoms with van der Waals surface area (Å²) >= 11 is 1.65. The predicted molar refractivity (Wildman–Crippen MR) is 172 cm³/mol. The molecule has 3 aliphatic heterocycles. The van der Waals surface area contributed by atoms with Crippen molar-refractivity contribution in [1.82, 2.24) is 4.90 Å². The molecule has 2 saturated heterocycles. The van der Waals surface area contributed by atoms with Gasteiger partial charge in [-0.05, 0) is 85.5 Å². The monoisotopic (exact) mass is 589 g/mol. The van der Waals surface area contributed by atoms with E-state index in [0.29, 0.717) is 25.4 Å². The Labute approximate surface area is 255 Å². The van der Waals surface area contributed by atoms with Gasteiger partial charge in [0.15, 0.2) is 0 Å². The number of para-hydroxylation sites is 2. The molecule has 6 nitrogen and oxygen atoms in total. The van der Waals surface area contributed by atoms with E-state index in [2.05, 4.69) is 38.2 Å². The summed E-state index contributed by atoms with van der Waals surface area (Å²) in [4.78, 5) is 42.2. The van der Waals surface area contributed by atoms with Crippen LogP contribution in [0, 0.1) is 23.2 Å². The van der Waals surface area contributed by atoms with Crippen LogP contribution in [0.25, 0.3) is 0 Å². The van der Waals surface area contributed by atoms with Gasteiger partial charge < -0.3 is 16.0 Å². The number of likely N-dealkylation sites (tertiary alicyclic amines) is 1. The van der Waals surface area contributed by atoms with E-state index in [9.17, 15) is 14.4 Å². The summed E-state index contributed by atoms with van der Waals surface area (Å²) in [6.07, 6.45) is 7.13. The number of thioether (sulfide) groups is 1. The Morgan fingerprint density at radius 2 is 1.74 bits per heavy atom. The van der Waals surface area contributed by atoms with Gasteiger partial charge in [0.25, 0.3) is 0 Å². The van der Waals surface area contributed by atoms with Gasteiger partial charge in [0.05, 0.1) is 5.25 Å². The zero-order valence-corrected chi connectivity index (χ0v) is 26.3. The molecule has 4 atom stereocenters. The highest BCUT2D eigenvalue weighted by atomic mass is 32.2. The van der Waals surface area contributed by atoms with Crippen LogP contribution in [0.2, 0.25) is 0 Å². The Kier molecular flexibility index (Phi) is 9.66. The molecule has 42 heavy (non-hydrogen) atoms. The number of rotatable bonds is 6. The quantitative estimate of drug-likeness (QED) is 0.353. The second-order valence-corrected chi connectivity index (χ2v) is 15.2. The smallest absolute Gasteiger partial charge is 0.227 e. The van der Waals surface area contributed by atoms with Gasteiger partial charge in [-0.15, -0.1) is 11.8 Å². The van der Waals surface area contributed by atoms with Crippen molar-refractivity contribution < 1.29 is 14.4 Å². The summed E-state index contributed by atoms with van der Waals surface area (Å²) in [6, 6.07) is 16.0. The normalized spacial score (nSPS) is 25.7. The van der Waals surface area contributed by atoms with E-state index in [4.69, 9.17) is 5.73 Å². The van der Waals surface area contributed by atoms with Crippen molar-refractivity contribution in [3.05, 3.63) is 59.7 Å². The second-order valence-electron chi connectivity index (χ2n) is 13.8. The number of hydrogen-bond acceptors (Lipinski definition) is 5. The average Bonchev–Trinajstić information content (AvgIpc) is 3.22. The minimum atomic E-state index is -0.356. The first-order valence-electron chi connectivity index (χ1n) is 15.8. The summed E-state index contributed by atoms with van der Waals surface area (Å²) in [5, 5.41) is 2.89. The summed E-state index contributed by atoms with van der Waals surface area (Å²) < 4.78 is 0. The number of piperidine rings is 1. The van der Waals surface area contributed by atoms with Gasteiger partial charge in [-0.3, -0.25) is 14.4 Å². The van der Waals surface area contributed by atoms with Gasteiger partial charge >= 0.3 is 0 Å². The number of nitrogen functional groups attached to an aromatic ring is 1. The molecule has 0 spiro atoms. The lowest BCUT2D eigenvalue weighted by atomic mass is 9.81. The molecule has 2 fully saturated rings. The Balaban J connectivity index is 1.21. The first-order chi connectivity index (χ1) is 20.1. The van der Waals surface area contributed by atoms with Crippen LogP contribution in [0.1, 0.15) is 88.5 Å². The Morgan fingerprint density at radius 1 is 1.02 bits per heavy atom. The molecule has 2 aromatic rings. The largest absolute Gasteiger partial charge is 0.398 e. The molecule has 0 aliphatic carbocycles. The molecule has 0 radical (unpaired) electrons. The molecule has 4 unspecified atom stereocenters. The van der Waals surface area contributed by atoms with E-state index in [1.807, 2.05) is 41.3 Å². The van der Waals surface area contributed by atoms with Crippen LogP contribution < -0.4 is 11.1 Å². The molecular formula is C35H47N3O3S. The van der Waals surface area contributed by atoms with Crippen LogP contribution in [-0.4, -0.2) is 40.8 Å². The minimum Gasteiger partial charge on any atom is -0.398 e. The maximum atomic E-state index is 13.6. The molecule has 0 saturated carbocycles. The standard InChI is InChI=1S/C35H47N3O3S/c1-35(2,3)17-14-23-20-30(39)32(42-31(21-23)27-9-5-6-10-28(27)36)22-33(40)38-18-15-24(16-19-38)26-13-12-25-8-4-7-11-29(25)37-34(26)41/h4-11,23-24,26,31-32H,12-22,36H2,1-3H3,(H,37,41). The highest BCUT2D eigenvalue weighted by Crippen LogP contribution is 2.46. The number of nitrogens with two attached hydrogens (primary N) is 1. The zero-order chi connectivity index (χ0) is 29.9. The minimum absolute atomic E-state index is 0.0317. The number of anilines is 2. The third kappa shape index (κ3) is 7.58. The van der Waals surface area contributed by atoms with E-state index in [1.165, 1.54) is 5.56 Å². The zero-order valence-electron chi connectivity index (χ0n) is 25.4. The van der Waals surface area contributed by atoms with Crippen molar-refractivity contribution in [3.63, 3.8) is 0 Å². The number of aryl methyl sites for hydroxylation is 1. The van der Waals surface area contributed by atoms with E-state index in [0.717, 1.165) is 61.9 Å². The van der Waals surface area contributed by atoms with Crippen molar-refractivity contribution in [2.24, 2.45) is 23.2 Å². The van der Waals surface area contributed by atoms with Crippen molar-refractivity contribution in [2.75, 3.05) is 24.1 Å². The number of benzene rings is 2. The molecule has 3 aliphatic rings. The van der Waals surface area contributed by atoms with Gasteiger partial charge in [0, 0.05) is 48.5 Å². The molecule has 2 aromatic carbocycles. The topological polar surface area (TPSA) is 92.5 Å². The van der Waals surface area contributed by atoms with Gasteiger partial charge in [-0.1, -0.05) is 57.2 Å². The van der Waals surface area contributed by atoms with Crippen molar-refractivity contribution in [2.45, 2.75) is 89.1 Å². The van der Waals surface area contributed by atoms with Crippen LogP contribution in [0.4, 0.5) is 11.4 Å². The number of hydrogen-bond donors (Lipinski definition) is 2. The molecule has 5 rings (SSSR count). The van der Waals surface area contributed by atoms with Crippen LogP contribution in [0.5, 0.6) is 0 Å². The fourth-order valence-corrected chi connectivity index (χ4v) is 8.60. The Hall–Kier alpha value is -2.80. The Morgan fingerprint density at radius 3 is 2.48 bits per heavy atom. The number of nitrogens with one attached hydrogen (secondary N) is 1. The summed E-state index contributed by atoms with van der Waals surface area (Å²) in [5.74, 6) is 0.903. The van der Waals surface area contributed by atoms with E-state index in [-0.39, 0.29) is 51.8 Å². The lowest BCUT2D eigenvalue weighted by Gasteiger charge is -2.35. The van der Waals surface area contributed by atoms with E-state index < -0.39 is 0 Å². The summed E-state index contributed by atoms with van der Waals surface area (Å²) in [6.45, 7) is 8.04. The first-order valence-corrected chi connectivity index (χ1v) is 16.7. The van der Waals surface area contributed by atoms with Crippen LogP contribution in [0.15, 0.2) is 48.5 Å². The molecule has 2 amide bonds. The van der Waals surface area contributed by atoms with Crippen LogP contribution in [0.3, 0.4) is 0 Å². The maximum Gasteiger partial charge on any atom is 0.227 e. The first kappa shape index (κ1) is 30.7. The lowest BCUT2D eigenvalue weighted by molar-refractivity contribution is -0.134. The fourth-order valence-electron chi connectivity index (χ4n) is 6.97. The van der Waals surface area contributed by atoms with E-state index >= 15 is 0 Å². The molecule has 7 heteroatoms. The van der Waals surface area contributed by atoms with Crippen molar-refractivity contribution in [1.29, 1.82) is 0 Å².